The second-order valence-electron chi connectivity index (χ2n) is 8.20. The minimum absolute atomic E-state index is 0.0237. The van der Waals surface area contributed by atoms with Crippen LogP contribution in [0.2, 0.25) is 0 Å². The van der Waals surface area contributed by atoms with Crippen LogP contribution in [-0.2, 0) is 12.5 Å². The normalized spacial score (nSPS) is 19.9. The van der Waals surface area contributed by atoms with Crippen molar-refractivity contribution in [1.29, 1.82) is 0 Å². The van der Waals surface area contributed by atoms with E-state index in [-0.39, 0.29) is 17.4 Å². The van der Waals surface area contributed by atoms with Crippen LogP contribution >= 0.6 is 0 Å². The maximum absolute atomic E-state index is 10.6. The van der Waals surface area contributed by atoms with Crippen molar-refractivity contribution < 1.29 is 9.52 Å². The van der Waals surface area contributed by atoms with E-state index in [1.54, 1.807) is 6.20 Å². The summed E-state index contributed by atoms with van der Waals surface area (Å²) >= 11 is 0. The second-order valence-corrected chi connectivity index (χ2v) is 8.20. The lowest BCUT2D eigenvalue weighted by Gasteiger charge is -2.36. The van der Waals surface area contributed by atoms with Gasteiger partial charge in [0.1, 0.15) is 17.7 Å². The lowest BCUT2D eigenvalue weighted by atomic mass is 9.90. The fourth-order valence-corrected chi connectivity index (χ4v) is 3.48. The summed E-state index contributed by atoms with van der Waals surface area (Å²) in [6, 6.07) is 0.155. The quantitative estimate of drug-likeness (QED) is 0.921. The lowest BCUT2D eigenvalue weighted by molar-refractivity contribution is 0.0365. The van der Waals surface area contributed by atoms with Gasteiger partial charge in [0.2, 0.25) is 5.89 Å². The molecule has 3 heterocycles. The molecule has 25 heavy (non-hydrogen) atoms. The first-order valence-corrected chi connectivity index (χ1v) is 9.13. The van der Waals surface area contributed by atoms with Crippen LogP contribution in [0.5, 0.6) is 0 Å². The zero-order chi connectivity index (χ0) is 18.2. The van der Waals surface area contributed by atoms with Gasteiger partial charge in [-0.05, 0) is 38.8 Å². The molecule has 2 aromatic heterocycles. The molecule has 0 saturated carbocycles. The molecule has 0 aromatic carbocycles. The molecule has 1 N–H and O–H groups in total. The van der Waals surface area contributed by atoms with Gasteiger partial charge in [-0.3, -0.25) is 4.90 Å². The van der Waals surface area contributed by atoms with Crippen molar-refractivity contribution >= 4 is 0 Å². The Morgan fingerprint density at radius 2 is 1.92 bits per heavy atom. The first-order chi connectivity index (χ1) is 11.8. The number of aliphatic hydroxyl groups is 1. The van der Waals surface area contributed by atoms with Crippen LogP contribution in [0.3, 0.4) is 0 Å². The highest BCUT2D eigenvalue weighted by atomic mass is 16.4. The Labute approximate surface area is 149 Å². The SMILES string of the molecule is C[C@H](c1ncc(C(C)(C)C)o1)N1CCC([C@H](O)c2nccn2C)CC1. The number of aryl methyl sites for hydroxylation is 1. The van der Waals surface area contributed by atoms with Gasteiger partial charge in [-0.1, -0.05) is 20.8 Å². The fraction of sp³-hybridized carbons (Fsp3) is 0.684. The van der Waals surface area contributed by atoms with Crippen LogP contribution in [0, 0.1) is 5.92 Å². The van der Waals surface area contributed by atoms with Crippen LogP contribution in [-0.4, -0.2) is 37.6 Å². The average Bonchev–Trinajstić information content (AvgIpc) is 3.22. The molecule has 1 fully saturated rings. The number of hydrogen-bond acceptors (Lipinski definition) is 5. The van der Waals surface area contributed by atoms with Gasteiger partial charge in [0.05, 0.1) is 12.2 Å². The first-order valence-electron chi connectivity index (χ1n) is 9.13. The number of aromatic nitrogens is 3. The van der Waals surface area contributed by atoms with Gasteiger partial charge < -0.3 is 14.1 Å². The van der Waals surface area contributed by atoms with E-state index in [0.717, 1.165) is 43.4 Å². The van der Waals surface area contributed by atoms with Crippen molar-refractivity contribution in [2.75, 3.05) is 13.1 Å². The van der Waals surface area contributed by atoms with Crippen molar-refractivity contribution in [3.8, 4) is 0 Å². The topological polar surface area (TPSA) is 67.3 Å². The van der Waals surface area contributed by atoms with Crippen molar-refractivity contribution in [2.24, 2.45) is 13.0 Å². The molecule has 0 amide bonds. The van der Waals surface area contributed by atoms with E-state index in [0.29, 0.717) is 0 Å². The van der Waals surface area contributed by atoms with Gasteiger partial charge in [0.15, 0.2) is 0 Å². The number of piperidine rings is 1. The minimum atomic E-state index is -0.494. The largest absolute Gasteiger partial charge is 0.443 e. The number of nitrogens with zero attached hydrogens (tertiary/aromatic N) is 4. The van der Waals surface area contributed by atoms with Crippen molar-refractivity contribution in [3.05, 3.63) is 36.1 Å². The number of likely N-dealkylation sites (tertiary alicyclic amines) is 1. The monoisotopic (exact) mass is 346 g/mol. The summed E-state index contributed by atoms with van der Waals surface area (Å²) in [5, 5.41) is 10.6. The zero-order valence-corrected chi connectivity index (χ0v) is 15.9. The molecule has 0 spiro atoms. The third kappa shape index (κ3) is 3.80. The van der Waals surface area contributed by atoms with Gasteiger partial charge in [0.25, 0.3) is 0 Å². The highest BCUT2D eigenvalue weighted by molar-refractivity contribution is 5.07. The van der Waals surface area contributed by atoms with Gasteiger partial charge in [-0.25, -0.2) is 9.97 Å². The summed E-state index contributed by atoms with van der Waals surface area (Å²) in [5.74, 6) is 2.72. The Morgan fingerprint density at radius 1 is 1.24 bits per heavy atom. The van der Waals surface area contributed by atoms with E-state index in [1.165, 1.54) is 0 Å². The lowest BCUT2D eigenvalue weighted by Crippen LogP contribution is -2.37. The van der Waals surface area contributed by atoms with E-state index in [9.17, 15) is 5.11 Å². The molecule has 1 aliphatic rings. The molecule has 0 radical (unpaired) electrons. The number of rotatable bonds is 4. The molecule has 0 bridgehead atoms. The Morgan fingerprint density at radius 3 is 2.44 bits per heavy atom. The smallest absolute Gasteiger partial charge is 0.211 e. The van der Waals surface area contributed by atoms with Crippen LogP contribution in [0.25, 0.3) is 0 Å². The van der Waals surface area contributed by atoms with E-state index >= 15 is 0 Å². The standard InChI is InChI=1S/C19H30N4O2/c1-13(18-21-12-15(25-18)19(2,3)4)23-9-6-14(7-10-23)16(24)17-20-8-11-22(17)5/h8,11-14,16,24H,6-7,9-10H2,1-5H3/t13-,16+/m1/s1. The molecule has 138 valence electrons. The zero-order valence-electron chi connectivity index (χ0n) is 15.9. The van der Waals surface area contributed by atoms with E-state index < -0.39 is 6.10 Å². The van der Waals surface area contributed by atoms with Gasteiger partial charge in [-0.2, -0.15) is 0 Å². The van der Waals surface area contributed by atoms with Crippen molar-refractivity contribution in [3.63, 3.8) is 0 Å². The molecule has 2 aromatic rings. The Bertz CT molecular complexity index is 692. The number of aliphatic hydroxyl groups excluding tert-OH is 1. The van der Waals surface area contributed by atoms with Crippen LogP contribution < -0.4 is 0 Å². The third-order valence-electron chi connectivity index (χ3n) is 5.31. The summed E-state index contributed by atoms with van der Waals surface area (Å²) in [6.45, 7) is 10.4. The molecule has 6 heteroatoms. The molecular weight excluding hydrogens is 316 g/mol. The number of oxazole rings is 1. The highest BCUT2D eigenvalue weighted by Gasteiger charge is 2.32. The second kappa shape index (κ2) is 6.92. The predicted molar refractivity (Wildman–Crippen MR) is 96.1 cm³/mol. The maximum atomic E-state index is 10.6. The maximum Gasteiger partial charge on any atom is 0.211 e. The summed E-state index contributed by atoms with van der Waals surface area (Å²) < 4.78 is 7.90. The molecular formula is C19H30N4O2. The van der Waals surface area contributed by atoms with Crippen LogP contribution in [0.1, 0.15) is 70.2 Å². The van der Waals surface area contributed by atoms with Gasteiger partial charge in [0, 0.05) is 24.9 Å². The number of imidazole rings is 1. The Balaban J connectivity index is 1.60. The van der Waals surface area contributed by atoms with Crippen molar-refractivity contribution in [1.82, 2.24) is 19.4 Å². The summed E-state index contributed by atoms with van der Waals surface area (Å²) in [6.07, 6.45) is 6.88. The molecule has 1 aliphatic heterocycles. The van der Waals surface area contributed by atoms with Crippen LogP contribution in [0.4, 0.5) is 0 Å². The molecule has 2 atom stereocenters. The van der Waals surface area contributed by atoms with E-state index in [1.807, 2.05) is 24.0 Å². The van der Waals surface area contributed by atoms with Gasteiger partial charge >= 0.3 is 0 Å². The molecule has 1 saturated heterocycles. The molecule has 0 unspecified atom stereocenters. The predicted octanol–water partition coefficient (Wildman–Crippen LogP) is 3.21. The Kier molecular flexibility index (Phi) is 5.02. The van der Waals surface area contributed by atoms with Gasteiger partial charge in [-0.15, -0.1) is 0 Å². The third-order valence-corrected chi connectivity index (χ3v) is 5.31. The van der Waals surface area contributed by atoms with E-state index in [2.05, 4.69) is 42.6 Å². The fourth-order valence-electron chi connectivity index (χ4n) is 3.48. The summed E-state index contributed by atoms with van der Waals surface area (Å²) in [5.41, 5.74) is -0.0237. The first kappa shape index (κ1) is 18.1. The highest BCUT2D eigenvalue weighted by Crippen LogP contribution is 2.33. The summed E-state index contributed by atoms with van der Waals surface area (Å²) in [7, 11) is 1.93. The Hall–Kier alpha value is -1.66. The number of hydrogen-bond donors (Lipinski definition) is 1. The van der Waals surface area contributed by atoms with E-state index in [4.69, 9.17) is 4.42 Å². The summed E-state index contributed by atoms with van der Waals surface area (Å²) in [4.78, 5) is 11.2. The van der Waals surface area contributed by atoms with Crippen molar-refractivity contribution in [2.45, 2.75) is 58.1 Å². The average molecular weight is 346 g/mol. The van der Waals surface area contributed by atoms with Crippen LogP contribution in [0.15, 0.2) is 23.0 Å². The molecule has 3 rings (SSSR count). The minimum Gasteiger partial charge on any atom is -0.443 e. The molecule has 0 aliphatic carbocycles. The molecule has 6 nitrogen and oxygen atoms in total.